The van der Waals surface area contributed by atoms with Crippen molar-refractivity contribution in [1.29, 1.82) is 0 Å². The van der Waals surface area contributed by atoms with Crippen molar-refractivity contribution in [3.8, 4) is 17.1 Å². The van der Waals surface area contributed by atoms with Crippen LogP contribution >= 0.6 is 0 Å². The normalized spacial score (nSPS) is 21.5. The van der Waals surface area contributed by atoms with Gasteiger partial charge in [-0.3, -0.25) is 4.90 Å². The number of nitrogens with zero attached hydrogens (tertiary/aromatic N) is 3. The highest BCUT2D eigenvalue weighted by molar-refractivity contribution is 7.88. The number of likely N-dealkylation sites (N-methyl/N-ethyl adjacent to an activating group) is 1. The van der Waals surface area contributed by atoms with Crippen LogP contribution in [0.2, 0.25) is 0 Å². The van der Waals surface area contributed by atoms with E-state index in [4.69, 9.17) is 4.52 Å². The monoisotopic (exact) mass is 406 g/mol. The highest BCUT2D eigenvalue weighted by atomic mass is 32.2. The Morgan fingerprint density at radius 3 is 2.56 bits per heavy atom. The minimum atomic E-state index is -4.76. The maximum atomic E-state index is 12.2. The van der Waals surface area contributed by atoms with Gasteiger partial charge >= 0.3 is 6.36 Å². The first-order valence-electron chi connectivity index (χ1n) is 7.87. The van der Waals surface area contributed by atoms with E-state index in [2.05, 4.69) is 19.6 Å². The van der Waals surface area contributed by atoms with E-state index < -0.39 is 16.4 Å². The Hall–Kier alpha value is -2.18. The van der Waals surface area contributed by atoms with Crippen LogP contribution in [-0.4, -0.2) is 55.7 Å². The summed E-state index contributed by atoms with van der Waals surface area (Å²) in [5, 5.41) is 3.85. The van der Waals surface area contributed by atoms with Crippen molar-refractivity contribution in [1.82, 2.24) is 19.8 Å². The molecule has 3 rings (SSSR count). The van der Waals surface area contributed by atoms with Crippen molar-refractivity contribution >= 4 is 10.0 Å². The summed E-state index contributed by atoms with van der Waals surface area (Å²) in [6, 6.07) is 4.56. The molecule has 1 fully saturated rings. The van der Waals surface area contributed by atoms with Gasteiger partial charge in [0.2, 0.25) is 21.7 Å². The van der Waals surface area contributed by atoms with Crippen LogP contribution in [0.3, 0.4) is 0 Å². The Kier molecular flexibility index (Phi) is 5.14. The number of nitrogens with one attached hydrogen (secondary N) is 1. The average molecular weight is 406 g/mol. The molecule has 27 heavy (non-hydrogen) atoms. The third kappa shape index (κ3) is 5.17. The molecule has 1 aliphatic heterocycles. The van der Waals surface area contributed by atoms with Gasteiger partial charge in [-0.15, -0.1) is 13.2 Å². The molecule has 0 amide bonds. The number of halogens is 3. The summed E-state index contributed by atoms with van der Waals surface area (Å²) in [5.41, 5.74) is 0.464. The van der Waals surface area contributed by atoms with E-state index in [1.807, 2.05) is 11.9 Å². The number of hydrogen-bond donors (Lipinski definition) is 1. The lowest BCUT2D eigenvalue weighted by atomic mass is 10.2. The first-order valence-corrected chi connectivity index (χ1v) is 9.76. The summed E-state index contributed by atoms with van der Waals surface area (Å²) in [6.07, 6.45) is -3.20. The second kappa shape index (κ2) is 7.09. The molecule has 2 heterocycles. The van der Waals surface area contributed by atoms with E-state index in [-0.39, 0.29) is 23.7 Å². The minimum Gasteiger partial charge on any atom is -0.406 e. The van der Waals surface area contributed by atoms with Gasteiger partial charge in [0.05, 0.1) is 12.3 Å². The second-order valence-corrected chi connectivity index (χ2v) is 8.09. The fourth-order valence-electron chi connectivity index (χ4n) is 2.97. The molecule has 2 unspecified atom stereocenters. The Balaban J connectivity index is 1.71. The number of aromatic nitrogens is 2. The average Bonchev–Trinajstić information content (AvgIpc) is 3.11. The van der Waals surface area contributed by atoms with Crippen LogP contribution in [0.15, 0.2) is 28.8 Å². The number of sulfonamides is 1. The molecular weight excluding hydrogens is 389 g/mol. The number of alkyl halides is 3. The molecule has 2 aromatic rings. The molecule has 2 atom stereocenters. The predicted octanol–water partition coefficient (Wildman–Crippen LogP) is 1.93. The molecule has 0 radical (unpaired) electrons. The fraction of sp³-hybridized carbons (Fsp3) is 0.467. The van der Waals surface area contributed by atoms with Crippen LogP contribution in [0.1, 0.15) is 18.4 Å². The molecule has 0 bridgehead atoms. The SMILES string of the molecule is CN1CC(NS(C)(=O)=O)CC1c1nc(-c2ccc(OC(F)(F)F)cc2)no1. The van der Waals surface area contributed by atoms with Gasteiger partial charge in [0.25, 0.3) is 0 Å². The van der Waals surface area contributed by atoms with Crippen molar-refractivity contribution in [3.63, 3.8) is 0 Å². The molecule has 1 aromatic heterocycles. The van der Waals surface area contributed by atoms with E-state index in [0.29, 0.717) is 24.4 Å². The fourth-order valence-corrected chi connectivity index (χ4v) is 3.75. The Morgan fingerprint density at radius 1 is 1.30 bits per heavy atom. The van der Waals surface area contributed by atoms with E-state index in [1.54, 1.807) is 0 Å². The molecule has 12 heteroatoms. The largest absolute Gasteiger partial charge is 0.573 e. The molecule has 0 aliphatic carbocycles. The van der Waals surface area contributed by atoms with Gasteiger partial charge in [-0.1, -0.05) is 5.16 Å². The van der Waals surface area contributed by atoms with E-state index in [9.17, 15) is 21.6 Å². The Morgan fingerprint density at radius 2 is 1.96 bits per heavy atom. The smallest absolute Gasteiger partial charge is 0.406 e. The number of hydrogen-bond acceptors (Lipinski definition) is 7. The van der Waals surface area contributed by atoms with Crippen LogP contribution < -0.4 is 9.46 Å². The molecular formula is C15H17F3N4O4S. The number of rotatable bonds is 5. The molecule has 148 valence electrons. The number of benzene rings is 1. The summed E-state index contributed by atoms with van der Waals surface area (Å²) in [5.74, 6) is 0.178. The van der Waals surface area contributed by atoms with E-state index in [1.165, 1.54) is 12.1 Å². The molecule has 0 saturated carbocycles. The maximum absolute atomic E-state index is 12.2. The van der Waals surface area contributed by atoms with Crippen LogP contribution in [-0.2, 0) is 10.0 Å². The zero-order valence-electron chi connectivity index (χ0n) is 14.4. The standard InChI is InChI=1S/C15H17F3N4O4S/c1-22-8-10(21-27(2,23)24)7-12(22)14-19-13(20-26-14)9-3-5-11(6-4-9)25-15(16,17)18/h3-6,10,12,21H,7-8H2,1-2H3. The third-order valence-corrected chi connectivity index (χ3v) is 4.76. The second-order valence-electron chi connectivity index (χ2n) is 6.31. The quantitative estimate of drug-likeness (QED) is 0.810. The third-order valence-electron chi connectivity index (χ3n) is 4.00. The van der Waals surface area contributed by atoms with Crippen LogP contribution in [0.4, 0.5) is 13.2 Å². The summed E-state index contributed by atoms with van der Waals surface area (Å²) < 4.78 is 71.0. The summed E-state index contributed by atoms with van der Waals surface area (Å²) in [4.78, 5) is 6.18. The zero-order valence-corrected chi connectivity index (χ0v) is 15.2. The van der Waals surface area contributed by atoms with Crippen LogP contribution in [0.5, 0.6) is 5.75 Å². The maximum Gasteiger partial charge on any atom is 0.573 e. The van der Waals surface area contributed by atoms with Gasteiger partial charge in [0.15, 0.2) is 0 Å². The molecule has 1 aromatic carbocycles. The van der Waals surface area contributed by atoms with Crippen molar-refractivity contribution in [2.24, 2.45) is 0 Å². The topological polar surface area (TPSA) is 97.6 Å². The predicted molar refractivity (Wildman–Crippen MR) is 88.2 cm³/mol. The Labute approximate surface area is 153 Å². The molecule has 1 aliphatic rings. The highest BCUT2D eigenvalue weighted by Gasteiger charge is 2.35. The van der Waals surface area contributed by atoms with Crippen molar-refractivity contribution < 1.29 is 30.8 Å². The number of likely N-dealkylation sites (tertiary alicyclic amines) is 1. The summed E-state index contributed by atoms with van der Waals surface area (Å²) in [7, 11) is -1.52. The lowest BCUT2D eigenvalue weighted by Crippen LogP contribution is -2.35. The van der Waals surface area contributed by atoms with Gasteiger partial charge in [-0.05, 0) is 37.7 Å². The molecule has 1 N–H and O–H groups in total. The lowest BCUT2D eigenvalue weighted by Gasteiger charge is -2.14. The van der Waals surface area contributed by atoms with Crippen LogP contribution in [0, 0.1) is 0 Å². The summed E-state index contributed by atoms with van der Waals surface area (Å²) in [6.45, 7) is 0.485. The van der Waals surface area contributed by atoms with Gasteiger partial charge in [0, 0.05) is 18.2 Å². The molecule has 1 saturated heterocycles. The molecule has 0 spiro atoms. The Bertz CT molecular complexity index is 899. The van der Waals surface area contributed by atoms with E-state index >= 15 is 0 Å². The first kappa shape index (κ1) is 19.6. The van der Waals surface area contributed by atoms with Gasteiger partial charge < -0.3 is 9.26 Å². The highest BCUT2D eigenvalue weighted by Crippen LogP contribution is 2.31. The van der Waals surface area contributed by atoms with E-state index in [0.717, 1.165) is 18.4 Å². The lowest BCUT2D eigenvalue weighted by molar-refractivity contribution is -0.274. The number of ether oxygens (including phenoxy) is 1. The van der Waals surface area contributed by atoms with Crippen molar-refractivity contribution in [2.75, 3.05) is 19.8 Å². The van der Waals surface area contributed by atoms with Crippen LogP contribution in [0.25, 0.3) is 11.4 Å². The first-order chi connectivity index (χ1) is 12.5. The van der Waals surface area contributed by atoms with Gasteiger partial charge in [-0.2, -0.15) is 4.98 Å². The minimum absolute atomic E-state index is 0.219. The summed E-state index contributed by atoms with van der Waals surface area (Å²) >= 11 is 0. The van der Waals surface area contributed by atoms with Crippen molar-refractivity contribution in [3.05, 3.63) is 30.2 Å². The molecule has 8 nitrogen and oxygen atoms in total. The zero-order chi connectivity index (χ0) is 19.8. The van der Waals surface area contributed by atoms with Gasteiger partial charge in [0.1, 0.15) is 5.75 Å². The van der Waals surface area contributed by atoms with Gasteiger partial charge in [-0.25, -0.2) is 13.1 Å². The van der Waals surface area contributed by atoms with Crippen molar-refractivity contribution in [2.45, 2.75) is 24.9 Å².